The molecule has 0 aromatic carbocycles. The first-order valence-corrected chi connectivity index (χ1v) is 6.12. The molecule has 0 spiro atoms. The fourth-order valence-electron chi connectivity index (χ4n) is 1.69. The first kappa shape index (κ1) is 15.7. The summed E-state index contributed by atoms with van der Waals surface area (Å²) < 4.78 is 1.07. The quantitative estimate of drug-likeness (QED) is 0.713. The van der Waals surface area contributed by atoms with Crippen molar-refractivity contribution in [1.82, 2.24) is 14.5 Å². The van der Waals surface area contributed by atoms with Gasteiger partial charge in [0.1, 0.15) is 6.54 Å². The van der Waals surface area contributed by atoms with E-state index >= 15 is 0 Å². The Labute approximate surface area is 114 Å². The average molecular weight is 283 g/mol. The van der Waals surface area contributed by atoms with Crippen LogP contribution in [0.5, 0.6) is 0 Å². The number of carbonyl (C=O) groups is 2. The van der Waals surface area contributed by atoms with Gasteiger partial charge in [0.15, 0.2) is 0 Å². The number of aliphatic carboxylic acids is 1. The predicted molar refractivity (Wildman–Crippen MR) is 70.4 cm³/mol. The van der Waals surface area contributed by atoms with Crippen molar-refractivity contribution in [2.24, 2.45) is 0 Å². The lowest BCUT2D eigenvalue weighted by Crippen LogP contribution is -2.42. The fraction of sp³-hybridized carbons (Fsp3) is 0.500. The molecule has 0 aliphatic heterocycles. The molecule has 0 saturated carbocycles. The summed E-state index contributed by atoms with van der Waals surface area (Å²) >= 11 is 0. The van der Waals surface area contributed by atoms with Crippen LogP contribution in [0, 0.1) is 0 Å². The molecule has 20 heavy (non-hydrogen) atoms. The van der Waals surface area contributed by atoms with Crippen LogP contribution in [-0.4, -0.2) is 44.0 Å². The molecule has 0 atom stereocenters. The van der Waals surface area contributed by atoms with Crippen molar-refractivity contribution in [2.45, 2.75) is 32.9 Å². The van der Waals surface area contributed by atoms with Crippen LogP contribution in [0.3, 0.4) is 0 Å². The van der Waals surface area contributed by atoms with Gasteiger partial charge >= 0.3 is 11.7 Å². The third kappa shape index (κ3) is 4.38. The van der Waals surface area contributed by atoms with Crippen LogP contribution in [0.2, 0.25) is 0 Å². The van der Waals surface area contributed by atoms with E-state index in [4.69, 9.17) is 5.11 Å². The van der Waals surface area contributed by atoms with Gasteiger partial charge in [0.2, 0.25) is 5.91 Å². The molecular formula is C12H17N3O5. The van der Waals surface area contributed by atoms with Crippen LogP contribution in [0.4, 0.5) is 0 Å². The fourth-order valence-corrected chi connectivity index (χ4v) is 1.69. The number of hydrogen-bond acceptors (Lipinski definition) is 4. The van der Waals surface area contributed by atoms with Crippen LogP contribution in [0.25, 0.3) is 0 Å². The second-order valence-corrected chi connectivity index (χ2v) is 4.56. The van der Waals surface area contributed by atoms with Crippen molar-refractivity contribution in [2.75, 3.05) is 6.54 Å². The van der Waals surface area contributed by atoms with E-state index in [9.17, 15) is 19.2 Å². The van der Waals surface area contributed by atoms with E-state index in [2.05, 4.69) is 0 Å². The van der Waals surface area contributed by atoms with Gasteiger partial charge in [-0.15, -0.1) is 0 Å². The maximum atomic E-state index is 12.1. The Kier molecular flexibility index (Phi) is 5.24. The number of rotatable bonds is 6. The maximum Gasteiger partial charge on any atom is 0.328 e. The molecule has 0 radical (unpaired) electrons. The number of aromatic nitrogens is 2. The summed E-state index contributed by atoms with van der Waals surface area (Å²) in [5.41, 5.74) is -1.21. The van der Waals surface area contributed by atoms with Gasteiger partial charge in [0, 0.05) is 24.8 Å². The number of hydrogen-bond donors (Lipinski definition) is 2. The van der Waals surface area contributed by atoms with Crippen LogP contribution in [0.15, 0.2) is 21.9 Å². The summed E-state index contributed by atoms with van der Waals surface area (Å²) in [7, 11) is 0. The largest absolute Gasteiger partial charge is 0.481 e. The first-order chi connectivity index (χ1) is 9.31. The average Bonchev–Trinajstić information content (AvgIpc) is 2.32. The van der Waals surface area contributed by atoms with Crippen LogP contribution in [0.1, 0.15) is 20.3 Å². The lowest BCUT2D eigenvalue weighted by Gasteiger charge is -2.26. The highest BCUT2D eigenvalue weighted by Gasteiger charge is 2.18. The minimum atomic E-state index is -0.996. The molecule has 110 valence electrons. The van der Waals surface area contributed by atoms with E-state index in [0.717, 1.165) is 10.6 Å². The number of nitrogens with zero attached hydrogens (tertiary/aromatic N) is 2. The van der Waals surface area contributed by atoms with Crippen molar-refractivity contribution in [1.29, 1.82) is 0 Å². The standard InChI is InChI=1S/C12H17N3O5/c1-8(2)15(6-4-11(18)19)10(17)7-14-5-3-9(16)13-12(14)20/h3,5,8H,4,6-7H2,1-2H3,(H,18,19)(H,13,16,20). The Morgan fingerprint density at radius 1 is 1.40 bits per heavy atom. The predicted octanol–water partition coefficient (Wildman–Crippen LogP) is -0.752. The summed E-state index contributed by atoms with van der Waals surface area (Å²) in [5, 5.41) is 8.66. The number of carboxylic acids is 1. The molecule has 8 heteroatoms. The molecule has 1 aromatic rings. The molecule has 1 rings (SSSR count). The van der Waals surface area contributed by atoms with E-state index in [1.807, 2.05) is 4.98 Å². The number of carbonyl (C=O) groups excluding carboxylic acids is 1. The third-order valence-electron chi connectivity index (χ3n) is 2.71. The van der Waals surface area contributed by atoms with E-state index in [-0.39, 0.29) is 31.5 Å². The van der Waals surface area contributed by atoms with Crippen LogP contribution < -0.4 is 11.2 Å². The summed E-state index contributed by atoms with van der Waals surface area (Å²) in [6, 6.07) is 0.964. The van der Waals surface area contributed by atoms with Gasteiger partial charge in [0.05, 0.1) is 6.42 Å². The topological polar surface area (TPSA) is 112 Å². The first-order valence-electron chi connectivity index (χ1n) is 6.12. The van der Waals surface area contributed by atoms with E-state index < -0.39 is 17.2 Å². The van der Waals surface area contributed by atoms with Gasteiger partial charge in [-0.3, -0.25) is 23.9 Å². The van der Waals surface area contributed by atoms with Gasteiger partial charge in [-0.25, -0.2) is 4.79 Å². The summed E-state index contributed by atoms with van der Waals surface area (Å²) in [5.74, 6) is -1.37. The molecule has 0 bridgehead atoms. The minimum absolute atomic E-state index is 0.0734. The molecule has 0 aliphatic carbocycles. The number of nitrogens with one attached hydrogen (secondary N) is 1. The van der Waals surface area contributed by atoms with Crippen molar-refractivity contribution in [3.63, 3.8) is 0 Å². The Balaban J connectivity index is 2.82. The minimum Gasteiger partial charge on any atom is -0.481 e. The zero-order valence-electron chi connectivity index (χ0n) is 11.3. The number of H-pyrrole nitrogens is 1. The molecule has 1 amide bonds. The maximum absolute atomic E-state index is 12.1. The molecule has 0 saturated heterocycles. The van der Waals surface area contributed by atoms with Gasteiger partial charge in [-0.1, -0.05) is 0 Å². The summed E-state index contributed by atoms with van der Waals surface area (Å²) in [6.07, 6.45) is 1.07. The zero-order chi connectivity index (χ0) is 15.3. The molecule has 8 nitrogen and oxygen atoms in total. The second kappa shape index (κ2) is 6.69. The van der Waals surface area contributed by atoms with E-state index in [0.29, 0.717) is 0 Å². The molecule has 2 N–H and O–H groups in total. The number of amides is 1. The highest BCUT2D eigenvalue weighted by Crippen LogP contribution is 2.02. The Hall–Kier alpha value is -2.38. The molecular weight excluding hydrogens is 266 g/mol. The molecule has 0 fully saturated rings. The third-order valence-corrected chi connectivity index (χ3v) is 2.71. The Morgan fingerprint density at radius 3 is 2.55 bits per heavy atom. The Bertz CT molecular complexity index is 602. The van der Waals surface area contributed by atoms with Gasteiger partial charge in [-0.05, 0) is 13.8 Å². The highest BCUT2D eigenvalue weighted by atomic mass is 16.4. The lowest BCUT2D eigenvalue weighted by molar-refractivity contribution is -0.139. The van der Waals surface area contributed by atoms with Gasteiger partial charge < -0.3 is 10.0 Å². The summed E-state index contributed by atoms with van der Waals surface area (Å²) in [6.45, 7) is 3.35. The Morgan fingerprint density at radius 2 is 2.05 bits per heavy atom. The van der Waals surface area contributed by atoms with Gasteiger partial charge in [0.25, 0.3) is 5.56 Å². The second-order valence-electron chi connectivity index (χ2n) is 4.56. The number of aromatic amines is 1. The van der Waals surface area contributed by atoms with Gasteiger partial charge in [-0.2, -0.15) is 0 Å². The van der Waals surface area contributed by atoms with E-state index in [1.165, 1.54) is 11.1 Å². The smallest absolute Gasteiger partial charge is 0.328 e. The van der Waals surface area contributed by atoms with Crippen molar-refractivity contribution >= 4 is 11.9 Å². The molecule has 0 unspecified atom stereocenters. The normalized spacial score (nSPS) is 10.6. The molecule has 1 heterocycles. The van der Waals surface area contributed by atoms with E-state index in [1.54, 1.807) is 13.8 Å². The molecule has 0 aliphatic rings. The van der Waals surface area contributed by atoms with Crippen molar-refractivity contribution in [3.05, 3.63) is 33.1 Å². The summed E-state index contributed by atoms with van der Waals surface area (Å²) in [4.78, 5) is 48.5. The lowest BCUT2D eigenvalue weighted by atomic mass is 10.2. The number of carboxylic acid groups (broad SMARTS) is 1. The van der Waals surface area contributed by atoms with Crippen molar-refractivity contribution < 1.29 is 14.7 Å². The zero-order valence-corrected chi connectivity index (χ0v) is 11.3. The SMILES string of the molecule is CC(C)N(CCC(=O)O)C(=O)Cn1ccc(=O)[nH]c1=O. The monoisotopic (exact) mass is 283 g/mol. The van der Waals surface area contributed by atoms with Crippen LogP contribution in [-0.2, 0) is 16.1 Å². The highest BCUT2D eigenvalue weighted by molar-refractivity contribution is 5.77. The molecule has 1 aromatic heterocycles. The van der Waals surface area contributed by atoms with Crippen LogP contribution >= 0.6 is 0 Å². The van der Waals surface area contributed by atoms with Crippen molar-refractivity contribution in [3.8, 4) is 0 Å².